The van der Waals surface area contributed by atoms with Crippen molar-refractivity contribution in [3.63, 3.8) is 0 Å². The molecule has 0 heterocycles. The fraction of sp³-hybridized carbons (Fsp3) is 0.125. The molecule has 0 N–H and O–H groups in total. The minimum Gasteiger partial charge on any atom is -0.376 e. The number of hydrogen-bond donors (Lipinski definition) is 0. The number of aryl methyl sites for hydroxylation is 2. The van der Waals surface area contributed by atoms with Crippen LogP contribution in [0.4, 0.5) is 34.1 Å². The van der Waals surface area contributed by atoms with Crippen LogP contribution >= 0.6 is 0 Å². The van der Waals surface area contributed by atoms with Crippen molar-refractivity contribution in [1.82, 2.24) is 0 Å². The molecular formula is C64H60N2O2. The molecule has 8 aromatic carbocycles. The zero-order valence-electron chi connectivity index (χ0n) is 39.0. The van der Waals surface area contributed by atoms with E-state index in [0.717, 1.165) is 93.2 Å². The van der Waals surface area contributed by atoms with E-state index in [1.807, 2.05) is 24.3 Å². The summed E-state index contributed by atoms with van der Waals surface area (Å²) in [7, 11) is 0. The van der Waals surface area contributed by atoms with Gasteiger partial charge in [-0.05, 0) is 154 Å². The van der Waals surface area contributed by atoms with E-state index in [4.69, 9.17) is 9.47 Å². The fourth-order valence-corrected chi connectivity index (χ4v) is 8.21. The number of anilines is 6. The Hall–Kier alpha value is -7.76. The van der Waals surface area contributed by atoms with E-state index >= 15 is 0 Å². The molecule has 4 nitrogen and oxygen atoms in total. The largest absolute Gasteiger partial charge is 0.376 e. The van der Waals surface area contributed by atoms with Gasteiger partial charge in [0.05, 0.1) is 26.4 Å². The molecular weight excluding hydrogens is 829 g/mol. The van der Waals surface area contributed by atoms with Crippen molar-refractivity contribution in [1.29, 1.82) is 0 Å². The van der Waals surface area contributed by atoms with Gasteiger partial charge >= 0.3 is 0 Å². The van der Waals surface area contributed by atoms with Gasteiger partial charge in [0.2, 0.25) is 0 Å². The van der Waals surface area contributed by atoms with Crippen LogP contribution in [-0.4, -0.2) is 13.2 Å². The van der Waals surface area contributed by atoms with Crippen molar-refractivity contribution in [2.24, 2.45) is 0 Å². The van der Waals surface area contributed by atoms with Gasteiger partial charge in [-0.2, -0.15) is 0 Å². The molecule has 0 fully saturated rings. The molecule has 4 heteroatoms. The van der Waals surface area contributed by atoms with Gasteiger partial charge in [0.15, 0.2) is 0 Å². The zero-order chi connectivity index (χ0) is 46.9. The minimum absolute atomic E-state index is 0.597. The van der Waals surface area contributed by atoms with Crippen molar-refractivity contribution < 1.29 is 9.47 Å². The van der Waals surface area contributed by atoms with E-state index in [0.29, 0.717) is 26.4 Å². The van der Waals surface area contributed by atoms with Gasteiger partial charge in [0.1, 0.15) is 0 Å². The summed E-state index contributed by atoms with van der Waals surface area (Å²) in [4.78, 5) is 4.63. The summed E-state index contributed by atoms with van der Waals surface area (Å²) in [5, 5.41) is 0. The van der Waals surface area contributed by atoms with Gasteiger partial charge in [-0.3, -0.25) is 0 Å². The molecule has 0 amide bonds. The average molecular weight is 889 g/mol. The Balaban J connectivity index is 0.903. The lowest BCUT2D eigenvalue weighted by Gasteiger charge is -2.26. The quantitative estimate of drug-likeness (QED) is 0.0598. The molecule has 0 aromatic heterocycles. The number of ether oxygens (including phenoxy) is 2. The Kier molecular flexibility index (Phi) is 16.2. The maximum absolute atomic E-state index is 6.02. The van der Waals surface area contributed by atoms with Crippen LogP contribution in [0.3, 0.4) is 0 Å². The maximum atomic E-state index is 6.02. The summed E-state index contributed by atoms with van der Waals surface area (Å²) in [6, 6.07) is 69.4. The number of hydrogen-bond acceptors (Lipinski definition) is 4. The molecule has 0 aliphatic heterocycles. The molecule has 0 unspecified atom stereocenters. The van der Waals surface area contributed by atoms with E-state index < -0.39 is 0 Å². The molecule has 338 valence electrons. The van der Waals surface area contributed by atoms with Crippen LogP contribution in [0, 0.1) is 0 Å². The molecule has 0 radical (unpaired) electrons. The zero-order valence-corrected chi connectivity index (χ0v) is 39.0. The first kappa shape index (κ1) is 46.8. The smallest absolute Gasteiger partial charge is 0.0717 e. The minimum atomic E-state index is 0.597. The lowest BCUT2D eigenvalue weighted by Crippen LogP contribution is -2.10. The standard InChI is InChI=1S/C64H60N2O2/c1-5-49-9-15-57(16-10-49)47-67-45-43-55-27-39-63(40-28-55)65(59-31-19-51(7-3)20-32-59)61-35-23-53(24-36-61)13-14-54-25-37-62(38-26-54)66(60-33-21-52(8-4)22-34-60)64-41-29-56(30-42-64)44-46-68-48-58-17-11-50(6-2)12-18-58/h5-12,15-42H,1-4,13-14,43-48H2. The third kappa shape index (κ3) is 12.6. The third-order valence-corrected chi connectivity index (χ3v) is 12.3. The van der Waals surface area contributed by atoms with Gasteiger partial charge in [-0.1, -0.05) is 172 Å². The van der Waals surface area contributed by atoms with Crippen LogP contribution in [0.1, 0.15) is 55.6 Å². The van der Waals surface area contributed by atoms with E-state index in [1.165, 1.54) is 22.3 Å². The summed E-state index contributed by atoms with van der Waals surface area (Å²) < 4.78 is 12.0. The molecule has 0 bridgehead atoms. The molecule has 0 saturated carbocycles. The highest BCUT2D eigenvalue weighted by molar-refractivity contribution is 5.78. The maximum Gasteiger partial charge on any atom is 0.0717 e. The highest BCUT2D eigenvalue weighted by Gasteiger charge is 2.15. The summed E-state index contributed by atoms with van der Waals surface area (Å²) in [5.74, 6) is 0. The second kappa shape index (κ2) is 23.6. The Bertz CT molecular complexity index is 2640. The predicted octanol–water partition coefficient (Wildman–Crippen LogP) is 16.5. The van der Waals surface area contributed by atoms with Gasteiger partial charge < -0.3 is 19.3 Å². The first-order valence-electron chi connectivity index (χ1n) is 23.5. The number of nitrogens with zero attached hydrogens (tertiary/aromatic N) is 2. The predicted molar refractivity (Wildman–Crippen MR) is 290 cm³/mol. The van der Waals surface area contributed by atoms with E-state index in [9.17, 15) is 0 Å². The molecule has 8 rings (SSSR count). The highest BCUT2D eigenvalue weighted by Crippen LogP contribution is 2.37. The first-order valence-corrected chi connectivity index (χ1v) is 23.5. The highest BCUT2D eigenvalue weighted by atomic mass is 16.5. The monoisotopic (exact) mass is 888 g/mol. The molecule has 8 aromatic rings. The van der Waals surface area contributed by atoms with Crippen LogP contribution in [0.25, 0.3) is 24.3 Å². The van der Waals surface area contributed by atoms with Crippen molar-refractivity contribution >= 4 is 58.4 Å². The lowest BCUT2D eigenvalue weighted by molar-refractivity contribution is 0.124. The van der Waals surface area contributed by atoms with Crippen molar-refractivity contribution in [3.8, 4) is 0 Å². The van der Waals surface area contributed by atoms with Gasteiger partial charge in [0.25, 0.3) is 0 Å². The number of benzene rings is 8. The second-order valence-corrected chi connectivity index (χ2v) is 16.9. The van der Waals surface area contributed by atoms with Crippen LogP contribution in [0.2, 0.25) is 0 Å². The summed E-state index contributed by atoms with van der Waals surface area (Å²) in [5.41, 5.74) is 18.4. The molecule has 0 spiro atoms. The second-order valence-electron chi connectivity index (χ2n) is 16.9. The summed E-state index contributed by atoms with van der Waals surface area (Å²) in [6.07, 6.45) is 11.0. The van der Waals surface area contributed by atoms with Crippen LogP contribution in [0.5, 0.6) is 0 Å². The van der Waals surface area contributed by atoms with E-state index in [-0.39, 0.29) is 0 Å². The topological polar surface area (TPSA) is 24.9 Å². The molecule has 68 heavy (non-hydrogen) atoms. The van der Waals surface area contributed by atoms with E-state index in [2.05, 4.69) is 230 Å². The lowest BCUT2D eigenvalue weighted by atomic mass is 10.0. The Labute approximate surface area is 404 Å². The van der Waals surface area contributed by atoms with E-state index in [1.54, 1.807) is 0 Å². The Morgan fingerprint density at radius 3 is 0.721 bits per heavy atom. The molecule has 0 atom stereocenters. The van der Waals surface area contributed by atoms with Crippen LogP contribution < -0.4 is 9.80 Å². The van der Waals surface area contributed by atoms with Crippen LogP contribution in [-0.2, 0) is 48.4 Å². The summed E-state index contributed by atoms with van der Waals surface area (Å²) >= 11 is 0. The Morgan fingerprint density at radius 1 is 0.265 bits per heavy atom. The van der Waals surface area contributed by atoms with Gasteiger partial charge in [-0.15, -0.1) is 0 Å². The van der Waals surface area contributed by atoms with Crippen molar-refractivity contribution in [2.45, 2.75) is 38.9 Å². The van der Waals surface area contributed by atoms with Gasteiger partial charge in [-0.25, -0.2) is 0 Å². The first-order chi connectivity index (χ1) is 33.5. The molecule has 0 aliphatic rings. The average Bonchev–Trinajstić information content (AvgIpc) is 3.40. The molecule has 0 aliphatic carbocycles. The normalized spacial score (nSPS) is 10.9. The van der Waals surface area contributed by atoms with Crippen molar-refractivity contribution in [2.75, 3.05) is 23.0 Å². The Morgan fingerprint density at radius 2 is 0.471 bits per heavy atom. The number of rotatable bonds is 23. The van der Waals surface area contributed by atoms with Crippen molar-refractivity contribution in [3.05, 3.63) is 276 Å². The molecule has 0 saturated heterocycles. The van der Waals surface area contributed by atoms with Gasteiger partial charge in [0, 0.05) is 34.1 Å². The summed E-state index contributed by atoms with van der Waals surface area (Å²) in [6.45, 7) is 18.1. The van der Waals surface area contributed by atoms with Crippen LogP contribution in [0.15, 0.2) is 220 Å². The third-order valence-electron chi connectivity index (χ3n) is 12.3. The fourth-order valence-electron chi connectivity index (χ4n) is 8.21. The SMILES string of the molecule is C=Cc1ccc(COCCc2ccc(N(c3ccc(C=C)cc3)c3ccc(CCc4ccc(N(c5ccc(C=C)cc5)c5ccc(CCOCc6ccc(C=C)cc6)cc5)cc4)cc3)cc2)cc1.